The van der Waals surface area contributed by atoms with Gasteiger partial charge in [0.25, 0.3) is 0 Å². The molecule has 2 aliphatic rings. The second-order valence-electron chi connectivity index (χ2n) is 9.01. The zero-order chi connectivity index (χ0) is 23.1. The Morgan fingerprint density at radius 3 is 2.38 bits per heavy atom. The smallest absolute Gasteiger partial charge is 0.241 e. The van der Waals surface area contributed by atoms with E-state index in [1.54, 1.807) is 42.1 Å². The maximum absolute atomic E-state index is 13.3. The number of rotatable bonds is 9. The number of carbonyl (C=O) groups is 1. The highest BCUT2D eigenvalue weighted by molar-refractivity contribution is 7.98. The molecule has 2 heterocycles. The lowest BCUT2D eigenvalue weighted by Gasteiger charge is -2.40. The third-order valence-electron chi connectivity index (χ3n) is 6.20. The molecule has 1 amide bonds. The van der Waals surface area contributed by atoms with Crippen LogP contribution < -0.4 is 4.72 Å². The summed E-state index contributed by atoms with van der Waals surface area (Å²) in [7, 11) is -3.74. The number of nitrogens with one attached hydrogen (secondary N) is 1. The Hall–Kier alpha value is -1.13. The van der Waals surface area contributed by atoms with E-state index in [1.165, 1.54) is 0 Å². The van der Waals surface area contributed by atoms with Gasteiger partial charge in [0.15, 0.2) is 0 Å². The van der Waals surface area contributed by atoms with Crippen molar-refractivity contribution in [3.8, 4) is 0 Å². The van der Waals surface area contributed by atoms with E-state index in [-0.39, 0.29) is 23.0 Å². The summed E-state index contributed by atoms with van der Waals surface area (Å²) in [6.07, 6.45) is 4.87. The predicted molar refractivity (Wildman–Crippen MR) is 129 cm³/mol. The first-order chi connectivity index (χ1) is 15.3. The van der Waals surface area contributed by atoms with Crippen LogP contribution in [0.2, 0.25) is 0 Å². The fourth-order valence-electron chi connectivity index (χ4n) is 4.68. The van der Waals surface area contributed by atoms with Gasteiger partial charge in [0.05, 0.1) is 17.1 Å². The third-order valence-corrected chi connectivity index (χ3v) is 8.33. The Bertz CT molecular complexity index is 819. The molecular weight excluding hydrogens is 446 g/mol. The van der Waals surface area contributed by atoms with Crippen LogP contribution in [0.15, 0.2) is 35.2 Å². The van der Waals surface area contributed by atoms with Gasteiger partial charge < -0.3 is 9.64 Å². The largest absolute Gasteiger partial charge is 0.373 e. The number of carbonyl (C=O) groups excluding carboxylic acids is 1. The van der Waals surface area contributed by atoms with Gasteiger partial charge >= 0.3 is 0 Å². The number of amides is 1. The van der Waals surface area contributed by atoms with Crippen molar-refractivity contribution < 1.29 is 17.9 Å². The lowest BCUT2D eigenvalue weighted by molar-refractivity contribution is -0.134. The van der Waals surface area contributed by atoms with Crippen molar-refractivity contribution in [2.45, 2.75) is 56.3 Å². The van der Waals surface area contributed by atoms with Crippen molar-refractivity contribution in [1.82, 2.24) is 14.5 Å². The van der Waals surface area contributed by atoms with Gasteiger partial charge in [0, 0.05) is 32.7 Å². The average Bonchev–Trinajstić information content (AvgIpc) is 2.76. The lowest BCUT2D eigenvalue weighted by atomic mass is 9.95. The van der Waals surface area contributed by atoms with E-state index >= 15 is 0 Å². The fraction of sp³-hybridized carbons (Fsp3) is 0.696. The van der Waals surface area contributed by atoms with Gasteiger partial charge in [-0.2, -0.15) is 16.5 Å². The van der Waals surface area contributed by atoms with Crippen LogP contribution in [0.3, 0.4) is 0 Å². The zero-order valence-electron chi connectivity index (χ0n) is 19.4. The van der Waals surface area contributed by atoms with Crippen LogP contribution >= 0.6 is 11.8 Å². The van der Waals surface area contributed by atoms with E-state index in [4.69, 9.17) is 4.74 Å². The Morgan fingerprint density at radius 2 is 1.78 bits per heavy atom. The molecule has 1 N–H and O–H groups in total. The predicted octanol–water partition coefficient (Wildman–Crippen LogP) is 2.43. The van der Waals surface area contributed by atoms with E-state index in [2.05, 4.69) is 23.5 Å². The Labute approximate surface area is 197 Å². The number of hydrogen-bond acceptors (Lipinski definition) is 6. The number of benzene rings is 1. The molecule has 2 saturated heterocycles. The SMILES string of the molecule is CSCCC(NS(=O)(=O)c1ccccc1)C(=O)N1CCC(CN2CC(C)OC(C)C2)CC1. The number of ether oxygens (including phenoxy) is 1. The normalized spacial score (nSPS) is 24.4. The van der Waals surface area contributed by atoms with Crippen LogP contribution in [0.1, 0.15) is 33.1 Å². The maximum atomic E-state index is 13.3. The maximum Gasteiger partial charge on any atom is 0.241 e. The van der Waals surface area contributed by atoms with Crippen LogP contribution in [0, 0.1) is 5.92 Å². The average molecular weight is 484 g/mol. The highest BCUT2D eigenvalue weighted by Crippen LogP contribution is 2.22. The molecular formula is C23H37N3O4S2. The summed E-state index contributed by atoms with van der Waals surface area (Å²) in [6, 6.07) is 7.53. The first-order valence-corrected chi connectivity index (χ1v) is 14.4. The minimum Gasteiger partial charge on any atom is -0.373 e. The number of hydrogen-bond donors (Lipinski definition) is 1. The van der Waals surface area contributed by atoms with Crippen LogP contribution in [0.5, 0.6) is 0 Å². The second-order valence-corrected chi connectivity index (χ2v) is 11.7. The van der Waals surface area contributed by atoms with Crippen molar-refractivity contribution in [1.29, 1.82) is 0 Å². The number of nitrogens with zero attached hydrogens (tertiary/aromatic N) is 2. The molecule has 3 atom stereocenters. The van der Waals surface area contributed by atoms with Crippen molar-refractivity contribution in [3.05, 3.63) is 30.3 Å². The highest BCUT2D eigenvalue weighted by Gasteiger charge is 2.32. The molecule has 0 spiro atoms. The molecule has 1 aromatic rings. The molecule has 3 unspecified atom stereocenters. The summed E-state index contributed by atoms with van der Waals surface area (Å²) in [4.78, 5) is 17.8. The van der Waals surface area contributed by atoms with Crippen molar-refractivity contribution in [2.24, 2.45) is 5.92 Å². The summed E-state index contributed by atoms with van der Waals surface area (Å²) in [5, 5.41) is 0. The number of thioether (sulfide) groups is 1. The molecule has 2 fully saturated rings. The lowest BCUT2D eigenvalue weighted by Crippen LogP contribution is -2.52. The van der Waals surface area contributed by atoms with Crippen molar-refractivity contribution in [2.75, 3.05) is 44.7 Å². The molecule has 0 bridgehead atoms. The Balaban J connectivity index is 1.56. The topological polar surface area (TPSA) is 79.0 Å². The summed E-state index contributed by atoms with van der Waals surface area (Å²) < 4.78 is 34.1. The molecule has 0 radical (unpaired) electrons. The molecule has 1 aromatic carbocycles. The van der Waals surface area contributed by atoms with Gasteiger partial charge in [-0.05, 0) is 63.2 Å². The molecule has 2 aliphatic heterocycles. The van der Waals surface area contributed by atoms with Gasteiger partial charge in [-0.15, -0.1) is 0 Å². The number of morpholine rings is 1. The van der Waals surface area contributed by atoms with Crippen LogP contribution in [0.25, 0.3) is 0 Å². The first kappa shape index (κ1) is 25.5. The molecule has 9 heteroatoms. The molecule has 32 heavy (non-hydrogen) atoms. The standard InChI is InChI=1S/C23H37N3O4S2/c1-18-15-25(16-19(2)30-18)17-20-9-12-26(13-10-20)23(27)22(11-14-31-3)24-32(28,29)21-7-5-4-6-8-21/h4-8,18-20,22,24H,9-17H2,1-3H3. The van der Waals surface area contributed by atoms with Crippen LogP contribution in [-0.4, -0.2) is 87.1 Å². The number of sulfonamides is 1. The summed E-state index contributed by atoms with van der Waals surface area (Å²) in [6.45, 7) is 8.56. The molecule has 7 nitrogen and oxygen atoms in total. The minimum atomic E-state index is -3.74. The van der Waals surface area contributed by atoms with E-state index in [9.17, 15) is 13.2 Å². The number of piperidine rings is 1. The first-order valence-electron chi connectivity index (χ1n) is 11.5. The van der Waals surface area contributed by atoms with Gasteiger partial charge in [-0.3, -0.25) is 9.69 Å². The molecule has 0 saturated carbocycles. The van der Waals surface area contributed by atoms with Gasteiger partial charge in [-0.25, -0.2) is 8.42 Å². The minimum absolute atomic E-state index is 0.106. The van der Waals surface area contributed by atoms with Crippen LogP contribution in [-0.2, 0) is 19.6 Å². The van der Waals surface area contributed by atoms with Gasteiger partial charge in [0.2, 0.25) is 15.9 Å². The highest BCUT2D eigenvalue weighted by atomic mass is 32.2. The van der Waals surface area contributed by atoms with Crippen molar-refractivity contribution in [3.63, 3.8) is 0 Å². The van der Waals surface area contributed by atoms with Gasteiger partial charge in [-0.1, -0.05) is 18.2 Å². The third kappa shape index (κ3) is 7.18. The number of likely N-dealkylation sites (tertiary alicyclic amines) is 1. The Morgan fingerprint density at radius 1 is 1.16 bits per heavy atom. The summed E-state index contributed by atoms with van der Waals surface area (Å²) in [5.41, 5.74) is 0. The molecule has 0 aromatic heterocycles. The van der Waals surface area contributed by atoms with E-state index in [0.717, 1.165) is 38.2 Å². The monoisotopic (exact) mass is 483 g/mol. The van der Waals surface area contributed by atoms with Gasteiger partial charge in [0.1, 0.15) is 6.04 Å². The van der Waals surface area contributed by atoms with E-state index in [1.807, 2.05) is 11.2 Å². The summed E-state index contributed by atoms with van der Waals surface area (Å²) in [5.74, 6) is 1.17. The van der Waals surface area contributed by atoms with E-state index < -0.39 is 16.1 Å². The second kappa shape index (κ2) is 11.8. The fourth-order valence-corrected chi connectivity index (χ4v) is 6.39. The zero-order valence-corrected chi connectivity index (χ0v) is 21.0. The van der Waals surface area contributed by atoms with Crippen molar-refractivity contribution >= 4 is 27.7 Å². The Kier molecular flexibility index (Phi) is 9.43. The summed E-state index contributed by atoms with van der Waals surface area (Å²) >= 11 is 1.61. The molecule has 3 rings (SSSR count). The van der Waals surface area contributed by atoms with E-state index in [0.29, 0.717) is 25.4 Å². The van der Waals surface area contributed by atoms with Crippen LogP contribution in [0.4, 0.5) is 0 Å². The quantitative estimate of drug-likeness (QED) is 0.581. The molecule has 0 aliphatic carbocycles. The molecule has 180 valence electrons.